The lowest BCUT2D eigenvalue weighted by Gasteiger charge is -2.17. The van der Waals surface area contributed by atoms with Gasteiger partial charge in [0.2, 0.25) is 0 Å². The number of halogens is 1. The molecule has 98 valence electrons. The van der Waals surface area contributed by atoms with Crippen molar-refractivity contribution >= 4 is 5.97 Å². The van der Waals surface area contributed by atoms with Crippen LogP contribution in [0.2, 0.25) is 0 Å². The summed E-state index contributed by atoms with van der Waals surface area (Å²) in [6.45, 7) is 3.70. The Balaban J connectivity index is 2.19. The van der Waals surface area contributed by atoms with Crippen molar-refractivity contribution in [2.45, 2.75) is 12.8 Å². The highest BCUT2D eigenvalue weighted by Gasteiger charge is 2.37. The van der Waals surface area contributed by atoms with Crippen LogP contribution in [0.15, 0.2) is 24.3 Å². The molecule has 1 heterocycles. The molecule has 1 fully saturated rings. The lowest BCUT2D eigenvalue weighted by molar-refractivity contribution is -0.147. The fourth-order valence-electron chi connectivity index (χ4n) is 2.54. The molecule has 0 aromatic heterocycles. The third kappa shape index (κ3) is 2.70. The average molecular weight is 251 g/mol. The lowest BCUT2D eigenvalue weighted by atomic mass is 9.89. The van der Waals surface area contributed by atoms with Gasteiger partial charge in [-0.2, -0.15) is 0 Å². The van der Waals surface area contributed by atoms with Gasteiger partial charge in [0.1, 0.15) is 5.82 Å². The molecule has 0 saturated carbocycles. The zero-order valence-corrected chi connectivity index (χ0v) is 10.7. The number of likely N-dealkylation sites (N-methyl/N-ethyl adjacent to an activating group) is 1. The second-order valence-electron chi connectivity index (χ2n) is 4.74. The fraction of sp³-hybridized carbons (Fsp3) is 0.500. The van der Waals surface area contributed by atoms with Crippen molar-refractivity contribution in [1.29, 1.82) is 0 Å². The summed E-state index contributed by atoms with van der Waals surface area (Å²) in [5.41, 5.74) is 0.999. The van der Waals surface area contributed by atoms with Crippen molar-refractivity contribution in [2.75, 3.05) is 26.7 Å². The SMILES string of the molecule is CCOC(=O)[C@H]1CN(C)C[C@H]1c1ccc(F)cc1. The molecule has 0 spiro atoms. The Hall–Kier alpha value is -1.42. The maximum atomic E-state index is 12.9. The Kier molecular flexibility index (Phi) is 3.97. The van der Waals surface area contributed by atoms with Crippen LogP contribution in [0, 0.1) is 11.7 Å². The summed E-state index contributed by atoms with van der Waals surface area (Å²) in [5, 5.41) is 0. The molecule has 1 aromatic carbocycles. The molecule has 0 aliphatic carbocycles. The molecule has 0 bridgehead atoms. The Morgan fingerprint density at radius 1 is 1.39 bits per heavy atom. The summed E-state index contributed by atoms with van der Waals surface area (Å²) < 4.78 is 18.0. The van der Waals surface area contributed by atoms with E-state index in [1.807, 2.05) is 14.0 Å². The zero-order valence-electron chi connectivity index (χ0n) is 10.7. The summed E-state index contributed by atoms with van der Waals surface area (Å²) in [7, 11) is 1.98. The molecule has 1 saturated heterocycles. The Bertz CT molecular complexity index is 418. The van der Waals surface area contributed by atoms with E-state index in [0.29, 0.717) is 13.2 Å². The van der Waals surface area contributed by atoms with Crippen molar-refractivity contribution in [2.24, 2.45) is 5.92 Å². The molecule has 0 N–H and O–H groups in total. The van der Waals surface area contributed by atoms with Crippen molar-refractivity contribution in [3.05, 3.63) is 35.6 Å². The number of hydrogen-bond donors (Lipinski definition) is 0. The topological polar surface area (TPSA) is 29.5 Å². The minimum atomic E-state index is -0.252. The van der Waals surface area contributed by atoms with E-state index >= 15 is 0 Å². The predicted molar refractivity (Wildman–Crippen MR) is 66.8 cm³/mol. The third-order valence-corrected chi connectivity index (χ3v) is 3.39. The van der Waals surface area contributed by atoms with Crippen LogP contribution in [0.5, 0.6) is 0 Å². The van der Waals surface area contributed by atoms with Crippen LogP contribution >= 0.6 is 0 Å². The van der Waals surface area contributed by atoms with Crippen LogP contribution in [0.4, 0.5) is 4.39 Å². The van der Waals surface area contributed by atoms with Gasteiger partial charge in [0.25, 0.3) is 0 Å². The molecule has 0 unspecified atom stereocenters. The lowest BCUT2D eigenvalue weighted by Crippen LogP contribution is -2.24. The number of nitrogens with zero attached hydrogens (tertiary/aromatic N) is 1. The van der Waals surface area contributed by atoms with Gasteiger partial charge in [-0.25, -0.2) is 4.39 Å². The van der Waals surface area contributed by atoms with Crippen LogP contribution in [-0.4, -0.2) is 37.6 Å². The predicted octanol–water partition coefficient (Wildman–Crippen LogP) is 2.03. The molecular formula is C14H18FNO2. The summed E-state index contributed by atoms with van der Waals surface area (Å²) in [5.74, 6) is -0.468. The van der Waals surface area contributed by atoms with Gasteiger partial charge < -0.3 is 9.64 Å². The number of carbonyl (C=O) groups excluding carboxylic acids is 1. The quantitative estimate of drug-likeness (QED) is 0.770. The van der Waals surface area contributed by atoms with E-state index in [2.05, 4.69) is 4.90 Å². The van der Waals surface area contributed by atoms with Crippen LogP contribution in [0.1, 0.15) is 18.4 Å². The first kappa shape index (κ1) is 13.0. The van der Waals surface area contributed by atoms with Gasteiger partial charge in [0.05, 0.1) is 12.5 Å². The number of ether oxygens (including phenoxy) is 1. The Labute approximate surface area is 107 Å². The van der Waals surface area contributed by atoms with E-state index < -0.39 is 0 Å². The molecular weight excluding hydrogens is 233 g/mol. The summed E-state index contributed by atoms with van der Waals surface area (Å²) in [6, 6.07) is 6.39. The van der Waals surface area contributed by atoms with Gasteiger partial charge >= 0.3 is 5.97 Å². The smallest absolute Gasteiger partial charge is 0.310 e. The molecule has 0 amide bonds. The van der Waals surface area contributed by atoms with Gasteiger partial charge in [0, 0.05) is 19.0 Å². The highest BCUT2D eigenvalue weighted by Crippen LogP contribution is 2.32. The maximum Gasteiger partial charge on any atom is 0.310 e. The molecule has 3 nitrogen and oxygen atoms in total. The number of benzene rings is 1. The van der Waals surface area contributed by atoms with E-state index in [9.17, 15) is 9.18 Å². The number of esters is 1. The number of hydrogen-bond acceptors (Lipinski definition) is 3. The van der Waals surface area contributed by atoms with E-state index in [4.69, 9.17) is 4.74 Å². The minimum absolute atomic E-state index is 0.0923. The third-order valence-electron chi connectivity index (χ3n) is 3.39. The minimum Gasteiger partial charge on any atom is -0.466 e. The van der Waals surface area contributed by atoms with E-state index in [-0.39, 0.29) is 23.6 Å². The van der Waals surface area contributed by atoms with Crippen LogP contribution in [-0.2, 0) is 9.53 Å². The molecule has 1 aromatic rings. The largest absolute Gasteiger partial charge is 0.466 e. The maximum absolute atomic E-state index is 12.9. The summed E-state index contributed by atoms with van der Waals surface area (Å²) in [4.78, 5) is 14.0. The van der Waals surface area contributed by atoms with Crippen molar-refractivity contribution in [1.82, 2.24) is 4.90 Å². The Morgan fingerprint density at radius 3 is 2.67 bits per heavy atom. The summed E-state index contributed by atoms with van der Waals surface area (Å²) in [6.07, 6.45) is 0. The molecule has 0 radical (unpaired) electrons. The Morgan fingerprint density at radius 2 is 2.06 bits per heavy atom. The van der Waals surface area contributed by atoms with Crippen LogP contribution in [0.3, 0.4) is 0 Å². The molecule has 4 heteroatoms. The monoisotopic (exact) mass is 251 g/mol. The van der Waals surface area contributed by atoms with E-state index in [1.165, 1.54) is 12.1 Å². The van der Waals surface area contributed by atoms with Gasteiger partial charge in [0.15, 0.2) is 0 Å². The first-order chi connectivity index (χ1) is 8.61. The second-order valence-corrected chi connectivity index (χ2v) is 4.74. The van der Waals surface area contributed by atoms with Gasteiger partial charge in [-0.1, -0.05) is 12.1 Å². The summed E-state index contributed by atoms with van der Waals surface area (Å²) >= 11 is 0. The number of likely N-dealkylation sites (tertiary alicyclic amines) is 1. The van der Waals surface area contributed by atoms with Crippen molar-refractivity contribution < 1.29 is 13.9 Å². The first-order valence-electron chi connectivity index (χ1n) is 6.22. The average Bonchev–Trinajstić information content (AvgIpc) is 2.73. The molecule has 18 heavy (non-hydrogen) atoms. The second kappa shape index (κ2) is 5.48. The van der Waals surface area contributed by atoms with Gasteiger partial charge in [-0.15, -0.1) is 0 Å². The van der Waals surface area contributed by atoms with E-state index in [0.717, 1.165) is 12.1 Å². The number of carbonyl (C=O) groups is 1. The normalized spacial score (nSPS) is 24.2. The first-order valence-corrected chi connectivity index (χ1v) is 6.22. The van der Waals surface area contributed by atoms with Gasteiger partial charge in [-0.05, 0) is 31.7 Å². The van der Waals surface area contributed by atoms with Crippen LogP contribution < -0.4 is 0 Å². The van der Waals surface area contributed by atoms with Crippen molar-refractivity contribution in [3.63, 3.8) is 0 Å². The molecule has 2 rings (SSSR count). The molecule has 1 aliphatic heterocycles. The highest BCUT2D eigenvalue weighted by atomic mass is 19.1. The zero-order chi connectivity index (χ0) is 13.1. The highest BCUT2D eigenvalue weighted by molar-refractivity contribution is 5.74. The standard InChI is InChI=1S/C14H18FNO2/c1-3-18-14(17)13-9-16(2)8-12(13)10-4-6-11(15)7-5-10/h4-7,12-13H,3,8-9H2,1-2H3/t12-,13-/m0/s1. The fourth-order valence-corrected chi connectivity index (χ4v) is 2.54. The molecule has 1 aliphatic rings. The van der Waals surface area contributed by atoms with Crippen molar-refractivity contribution in [3.8, 4) is 0 Å². The van der Waals surface area contributed by atoms with Gasteiger partial charge in [-0.3, -0.25) is 4.79 Å². The molecule has 2 atom stereocenters. The van der Waals surface area contributed by atoms with E-state index in [1.54, 1.807) is 12.1 Å². The van der Waals surface area contributed by atoms with Crippen LogP contribution in [0.25, 0.3) is 0 Å². The number of rotatable bonds is 3.